The molecule has 1 heterocycles. The molecule has 1 aromatic heterocycles. The van der Waals surface area contributed by atoms with Gasteiger partial charge in [-0.1, -0.05) is 18.2 Å². The Bertz CT molecular complexity index is 706. The van der Waals surface area contributed by atoms with Crippen molar-refractivity contribution < 1.29 is 14.5 Å². The number of nitro groups is 1. The molecule has 0 bridgehead atoms. The summed E-state index contributed by atoms with van der Waals surface area (Å²) in [7, 11) is 0. The zero-order valence-electron chi connectivity index (χ0n) is 12.0. The van der Waals surface area contributed by atoms with E-state index in [-0.39, 0.29) is 17.9 Å². The Kier molecular flexibility index (Phi) is 4.02. The number of esters is 1. The quantitative estimate of drug-likeness (QED) is 0.373. The SMILES string of the molecule is Cc1ccccc1OC(=O)Cn1nc(C)c([N+](=O)[O-])c1C. The van der Waals surface area contributed by atoms with Crippen LogP contribution >= 0.6 is 0 Å². The van der Waals surface area contributed by atoms with Crippen LogP contribution in [0.25, 0.3) is 0 Å². The van der Waals surface area contributed by atoms with Gasteiger partial charge in [0.15, 0.2) is 0 Å². The smallest absolute Gasteiger partial charge is 0.333 e. The van der Waals surface area contributed by atoms with Crippen molar-refractivity contribution in [2.75, 3.05) is 0 Å². The third-order valence-corrected chi connectivity index (χ3v) is 3.12. The monoisotopic (exact) mass is 289 g/mol. The van der Waals surface area contributed by atoms with Gasteiger partial charge in [-0.15, -0.1) is 0 Å². The minimum Gasteiger partial charge on any atom is -0.425 e. The fraction of sp³-hybridized carbons (Fsp3) is 0.286. The first-order valence-electron chi connectivity index (χ1n) is 6.35. The molecule has 0 N–H and O–H groups in total. The Hall–Kier alpha value is -2.70. The maximum atomic E-state index is 11.9. The van der Waals surface area contributed by atoms with Crippen molar-refractivity contribution in [2.24, 2.45) is 0 Å². The predicted octanol–water partition coefficient (Wildman–Crippen LogP) is 2.32. The molecule has 0 aliphatic heterocycles. The van der Waals surface area contributed by atoms with Crippen LogP contribution in [0, 0.1) is 30.9 Å². The van der Waals surface area contributed by atoms with Crippen LogP contribution in [0.4, 0.5) is 5.69 Å². The highest BCUT2D eigenvalue weighted by molar-refractivity contribution is 5.72. The van der Waals surface area contributed by atoms with E-state index in [0.717, 1.165) is 5.56 Å². The lowest BCUT2D eigenvalue weighted by molar-refractivity contribution is -0.386. The fourth-order valence-corrected chi connectivity index (χ4v) is 2.05. The summed E-state index contributed by atoms with van der Waals surface area (Å²) in [4.78, 5) is 22.3. The van der Waals surface area contributed by atoms with E-state index in [1.165, 1.54) is 11.6 Å². The van der Waals surface area contributed by atoms with Gasteiger partial charge < -0.3 is 4.74 Å². The van der Waals surface area contributed by atoms with Gasteiger partial charge in [-0.3, -0.25) is 14.8 Å². The molecule has 0 aliphatic carbocycles. The molecular weight excluding hydrogens is 274 g/mol. The molecule has 0 spiro atoms. The van der Waals surface area contributed by atoms with E-state index in [1.807, 2.05) is 19.1 Å². The second-order valence-corrected chi connectivity index (χ2v) is 4.67. The summed E-state index contributed by atoms with van der Waals surface area (Å²) in [5.74, 6) is -0.0525. The highest BCUT2D eigenvalue weighted by Crippen LogP contribution is 2.22. The van der Waals surface area contributed by atoms with E-state index >= 15 is 0 Å². The number of para-hydroxylation sites is 1. The highest BCUT2D eigenvalue weighted by atomic mass is 16.6. The number of ether oxygens (including phenoxy) is 1. The minimum atomic E-state index is -0.523. The van der Waals surface area contributed by atoms with Gasteiger partial charge in [0.1, 0.15) is 23.7 Å². The van der Waals surface area contributed by atoms with E-state index in [1.54, 1.807) is 19.1 Å². The van der Waals surface area contributed by atoms with Crippen LogP contribution in [-0.4, -0.2) is 20.7 Å². The third kappa shape index (κ3) is 3.07. The van der Waals surface area contributed by atoms with Crippen LogP contribution in [0.15, 0.2) is 24.3 Å². The second kappa shape index (κ2) is 5.74. The molecule has 2 rings (SSSR count). The molecule has 0 radical (unpaired) electrons. The average molecular weight is 289 g/mol. The van der Waals surface area contributed by atoms with Gasteiger partial charge in [0.25, 0.3) is 0 Å². The Balaban J connectivity index is 2.16. The number of benzene rings is 1. The molecule has 7 nitrogen and oxygen atoms in total. The number of hydrogen-bond acceptors (Lipinski definition) is 5. The van der Waals surface area contributed by atoms with Gasteiger partial charge in [-0.05, 0) is 32.4 Å². The van der Waals surface area contributed by atoms with Crippen LogP contribution in [0.3, 0.4) is 0 Å². The number of hydrogen-bond donors (Lipinski definition) is 0. The number of carbonyl (C=O) groups excluding carboxylic acids is 1. The maximum absolute atomic E-state index is 11.9. The van der Waals surface area contributed by atoms with Crippen LogP contribution in [0.5, 0.6) is 5.75 Å². The summed E-state index contributed by atoms with van der Waals surface area (Å²) in [6.07, 6.45) is 0. The molecule has 0 atom stereocenters. The van der Waals surface area contributed by atoms with Gasteiger partial charge in [0.2, 0.25) is 0 Å². The number of carbonyl (C=O) groups is 1. The van der Waals surface area contributed by atoms with Crippen molar-refractivity contribution >= 4 is 11.7 Å². The van der Waals surface area contributed by atoms with Crippen molar-refractivity contribution in [2.45, 2.75) is 27.3 Å². The first-order valence-corrected chi connectivity index (χ1v) is 6.35. The summed E-state index contributed by atoms with van der Waals surface area (Å²) in [5, 5.41) is 14.9. The topological polar surface area (TPSA) is 87.3 Å². The zero-order chi connectivity index (χ0) is 15.6. The van der Waals surface area contributed by atoms with Crippen molar-refractivity contribution in [1.82, 2.24) is 9.78 Å². The third-order valence-electron chi connectivity index (χ3n) is 3.12. The van der Waals surface area contributed by atoms with Crippen LogP contribution in [0.2, 0.25) is 0 Å². The van der Waals surface area contributed by atoms with E-state index in [9.17, 15) is 14.9 Å². The van der Waals surface area contributed by atoms with Crippen LogP contribution in [0.1, 0.15) is 17.0 Å². The largest absolute Gasteiger partial charge is 0.425 e. The lowest BCUT2D eigenvalue weighted by Crippen LogP contribution is -2.18. The molecule has 21 heavy (non-hydrogen) atoms. The molecule has 0 amide bonds. The van der Waals surface area contributed by atoms with Crippen molar-refractivity contribution in [3.8, 4) is 5.75 Å². The molecule has 0 saturated heterocycles. The Morgan fingerprint density at radius 2 is 2.00 bits per heavy atom. The molecule has 2 aromatic rings. The first-order chi connectivity index (χ1) is 9.90. The van der Waals surface area contributed by atoms with Gasteiger partial charge >= 0.3 is 11.7 Å². The summed E-state index contributed by atoms with van der Waals surface area (Å²) in [5.41, 5.74) is 1.38. The van der Waals surface area contributed by atoms with Gasteiger partial charge in [-0.25, -0.2) is 4.79 Å². The standard InChI is InChI=1S/C14H15N3O4/c1-9-6-4-5-7-12(9)21-13(18)8-16-11(3)14(17(19)20)10(2)15-16/h4-7H,8H2,1-3H3. The van der Waals surface area contributed by atoms with Gasteiger partial charge in [0, 0.05) is 0 Å². The minimum absolute atomic E-state index is 0.0707. The molecule has 0 aliphatic rings. The van der Waals surface area contributed by atoms with Crippen LogP contribution < -0.4 is 4.74 Å². The van der Waals surface area contributed by atoms with Crippen molar-refractivity contribution in [1.29, 1.82) is 0 Å². The van der Waals surface area contributed by atoms with Crippen molar-refractivity contribution in [3.63, 3.8) is 0 Å². The van der Waals surface area contributed by atoms with Crippen molar-refractivity contribution in [3.05, 3.63) is 51.3 Å². The summed E-state index contributed by atoms with van der Waals surface area (Å²) in [6.45, 7) is 4.75. The fourth-order valence-electron chi connectivity index (χ4n) is 2.05. The summed E-state index contributed by atoms with van der Waals surface area (Å²) in [6, 6.07) is 7.13. The lowest BCUT2D eigenvalue weighted by Gasteiger charge is -2.07. The molecule has 0 fully saturated rings. The normalized spacial score (nSPS) is 10.4. The molecule has 7 heteroatoms. The molecule has 0 saturated carbocycles. The van der Waals surface area contributed by atoms with Gasteiger partial charge in [-0.2, -0.15) is 5.10 Å². The summed E-state index contributed by atoms with van der Waals surface area (Å²) >= 11 is 0. The predicted molar refractivity (Wildman–Crippen MR) is 75.2 cm³/mol. The molecule has 110 valence electrons. The van der Waals surface area contributed by atoms with Gasteiger partial charge in [0.05, 0.1) is 4.92 Å². The van der Waals surface area contributed by atoms with Crippen LogP contribution in [-0.2, 0) is 11.3 Å². The number of aryl methyl sites for hydroxylation is 2. The molecule has 0 unspecified atom stereocenters. The second-order valence-electron chi connectivity index (χ2n) is 4.67. The Morgan fingerprint density at radius 1 is 1.33 bits per heavy atom. The zero-order valence-corrected chi connectivity index (χ0v) is 12.0. The summed E-state index contributed by atoms with van der Waals surface area (Å²) < 4.78 is 6.53. The highest BCUT2D eigenvalue weighted by Gasteiger charge is 2.23. The Labute approximate surface area is 121 Å². The first kappa shape index (κ1) is 14.7. The number of aromatic nitrogens is 2. The number of rotatable bonds is 4. The van der Waals surface area contributed by atoms with E-state index in [2.05, 4.69) is 5.10 Å². The van der Waals surface area contributed by atoms with E-state index in [4.69, 9.17) is 4.74 Å². The lowest BCUT2D eigenvalue weighted by atomic mass is 10.2. The molecule has 1 aromatic carbocycles. The van der Waals surface area contributed by atoms with E-state index in [0.29, 0.717) is 11.4 Å². The molecular formula is C14H15N3O4. The van der Waals surface area contributed by atoms with E-state index < -0.39 is 10.9 Å². The average Bonchev–Trinajstić information content (AvgIpc) is 2.67. The maximum Gasteiger partial charge on any atom is 0.333 e. The number of nitrogens with zero attached hydrogens (tertiary/aromatic N) is 3. The Morgan fingerprint density at radius 3 is 2.57 bits per heavy atom.